The molecule has 1 heterocycles. The van der Waals surface area contributed by atoms with Gasteiger partial charge in [-0.05, 0) is 44.7 Å². The zero-order chi connectivity index (χ0) is 13.2. The van der Waals surface area contributed by atoms with Gasteiger partial charge < -0.3 is 10.0 Å². The number of benzene rings is 1. The number of para-hydroxylation sites is 1. The van der Waals surface area contributed by atoms with Crippen molar-refractivity contribution in [1.82, 2.24) is 0 Å². The van der Waals surface area contributed by atoms with E-state index in [1.165, 1.54) is 5.69 Å². The van der Waals surface area contributed by atoms with Crippen molar-refractivity contribution in [2.75, 3.05) is 11.4 Å². The number of carboxylic acids is 1. The van der Waals surface area contributed by atoms with Gasteiger partial charge in [0.25, 0.3) is 0 Å². The van der Waals surface area contributed by atoms with Crippen LogP contribution in [0.3, 0.4) is 0 Å². The van der Waals surface area contributed by atoms with E-state index in [4.69, 9.17) is 5.11 Å². The summed E-state index contributed by atoms with van der Waals surface area (Å²) in [5.74, 6) is -0.480. The summed E-state index contributed by atoms with van der Waals surface area (Å²) in [5.41, 5.74) is 1.09. The van der Waals surface area contributed by atoms with Gasteiger partial charge in [0, 0.05) is 17.8 Å². The number of piperidine rings is 1. The van der Waals surface area contributed by atoms with Crippen LogP contribution in [-0.4, -0.2) is 23.2 Å². The molecule has 1 aliphatic heterocycles. The van der Waals surface area contributed by atoms with Gasteiger partial charge in [-0.2, -0.15) is 0 Å². The second kappa shape index (κ2) is 5.01. The van der Waals surface area contributed by atoms with Crippen molar-refractivity contribution in [2.24, 2.45) is 5.92 Å². The topological polar surface area (TPSA) is 40.5 Å². The number of anilines is 1. The van der Waals surface area contributed by atoms with E-state index in [0.29, 0.717) is 0 Å². The summed E-state index contributed by atoms with van der Waals surface area (Å²) in [5, 5.41) is 9.04. The Balaban J connectivity index is 2.23. The largest absolute Gasteiger partial charge is 0.481 e. The molecule has 0 aliphatic carbocycles. The summed E-state index contributed by atoms with van der Waals surface area (Å²) in [4.78, 5) is 13.3. The Morgan fingerprint density at radius 1 is 1.39 bits per heavy atom. The van der Waals surface area contributed by atoms with Crippen LogP contribution in [0.1, 0.15) is 33.1 Å². The van der Waals surface area contributed by atoms with Gasteiger partial charge in [-0.1, -0.05) is 18.2 Å². The molecular formula is C15H21NO2. The van der Waals surface area contributed by atoms with E-state index < -0.39 is 5.97 Å². The summed E-state index contributed by atoms with van der Waals surface area (Å²) in [7, 11) is 0. The Hall–Kier alpha value is -1.51. The fourth-order valence-corrected chi connectivity index (χ4v) is 2.99. The minimum atomic E-state index is -0.692. The van der Waals surface area contributed by atoms with Gasteiger partial charge in [0.05, 0.1) is 6.42 Å². The zero-order valence-electron chi connectivity index (χ0n) is 11.1. The van der Waals surface area contributed by atoms with E-state index in [2.05, 4.69) is 30.9 Å². The van der Waals surface area contributed by atoms with Crippen LogP contribution in [0.2, 0.25) is 0 Å². The molecule has 0 bridgehead atoms. The third-order valence-corrected chi connectivity index (χ3v) is 4.12. The SMILES string of the molecule is CC1(C)C(CC(=O)O)CCCN1c1ccccc1. The molecule has 1 unspecified atom stereocenters. The van der Waals surface area contributed by atoms with E-state index in [1.807, 2.05) is 18.2 Å². The molecule has 18 heavy (non-hydrogen) atoms. The molecular weight excluding hydrogens is 226 g/mol. The van der Waals surface area contributed by atoms with Crippen molar-refractivity contribution >= 4 is 11.7 Å². The van der Waals surface area contributed by atoms with Gasteiger partial charge >= 0.3 is 5.97 Å². The third kappa shape index (κ3) is 2.50. The fraction of sp³-hybridized carbons (Fsp3) is 0.533. The lowest BCUT2D eigenvalue weighted by Gasteiger charge is -2.49. The number of nitrogens with zero attached hydrogens (tertiary/aromatic N) is 1. The number of hydrogen-bond donors (Lipinski definition) is 1. The third-order valence-electron chi connectivity index (χ3n) is 4.12. The summed E-state index contributed by atoms with van der Waals surface area (Å²) in [6.07, 6.45) is 2.33. The van der Waals surface area contributed by atoms with Crippen LogP contribution in [0.5, 0.6) is 0 Å². The molecule has 1 N–H and O–H groups in total. The van der Waals surface area contributed by atoms with Crippen molar-refractivity contribution in [3.8, 4) is 0 Å². The molecule has 1 aromatic rings. The van der Waals surface area contributed by atoms with Crippen LogP contribution < -0.4 is 4.90 Å². The zero-order valence-corrected chi connectivity index (χ0v) is 11.1. The van der Waals surface area contributed by atoms with Gasteiger partial charge in [-0.15, -0.1) is 0 Å². The van der Waals surface area contributed by atoms with Crippen LogP contribution in [0.15, 0.2) is 30.3 Å². The molecule has 98 valence electrons. The molecule has 1 fully saturated rings. The fourth-order valence-electron chi connectivity index (χ4n) is 2.99. The predicted molar refractivity (Wildman–Crippen MR) is 72.8 cm³/mol. The van der Waals surface area contributed by atoms with E-state index in [-0.39, 0.29) is 17.9 Å². The van der Waals surface area contributed by atoms with E-state index >= 15 is 0 Å². The maximum atomic E-state index is 11.0. The molecule has 3 nitrogen and oxygen atoms in total. The minimum absolute atomic E-state index is 0.0992. The monoisotopic (exact) mass is 247 g/mol. The maximum absolute atomic E-state index is 11.0. The van der Waals surface area contributed by atoms with E-state index in [9.17, 15) is 4.79 Å². The average Bonchev–Trinajstić information content (AvgIpc) is 2.32. The molecule has 3 heteroatoms. The Labute approximate surface area is 108 Å². The highest BCUT2D eigenvalue weighted by Crippen LogP contribution is 2.38. The quantitative estimate of drug-likeness (QED) is 0.892. The van der Waals surface area contributed by atoms with Crippen molar-refractivity contribution in [3.63, 3.8) is 0 Å². The number of aliphatic carboxylic acids is 1. The van der Waals surface area contributed by atoms with Crippen molar-refractivity contribution in [2.45, 2.75) is 38.6 Å². The normalized spacial score (nSPS) is 22.8. The first-order valence-electron chi connectivity index (χ1n) is 6.56. The van der Waals surface area contributed by atoms with Crippen LogP contribution >= 0.6 is 0 Å². The van der Waals surface area contributed by atoms with Gasteiger partial charge in [0.2, 0.25) is 0 Å². The van der Waals surface area contributed by atoms with Crippen LogP contribution in [0.4, 0.5) is 5.69 Å². The standard InChI is InChI=1S/C15H21NO2/c1-15(2)12(11-14(17)18)7-6-10-16(15)13-8-4-3-5-9-13/h3-5,8-9,12H,6-7,10-11H2,1-2H3,(H,17,18). The summed E-state index contributed by atoms with van der Waals surface area (Å²) in [6.45, 7) is 5.33. The minimum Gasteiger partial charge on any atom is -0.481 e. The van der Waals surface area contributed by atoms with Gasteiger partial charge in [0.15, 0.2) is 0 Å². The van der Waals surface area contributed by atoms with Crippen molar-refractivity contribution in [1.29, 1.82) is 0 Å². The lowest BCUT2D eigenvalue weighted by Crippen LogP contribution is -2.54. The Bertz CT molecular complexity index is 414. The number of carbonyl (C=O) groups is 1. The average molecular weight is 247 g/mol. The number of hydrogen-bond acceptors (Lipinski definition) is 2. The van der Waals surface area contributed by atoms with Crippen molar-refractivity contribution < 1.29 is 9.90 Å². The number of rotatable bonds is 3. The van der Waals surface area contributed by atoms with Crippen LogP contribution in [0.25, 0.3) is 0 Å². The molecule has 0 aromatic heterocycles. The van der Waals surface area contributed by atoms with Crippen LogP contribution in [0, 0.1) is 5.92 Å². The molecule has 0 saturated carbocycles. The molecule has 0 spiro atoms. The second-order valence-corrected chi connectivity index (χ2v) is 5.58. The van der Waals surface area contributed by atoms with Gasteiger partial charge in [0.1, 0.15) is 0 Å². The lowest BCUT2D eigenvalue weighted by atomic mass is 9.77. The summed E-state index contributed by atoms with van der Waals surface area (Å²) >= 11 is 0. The molecule has 1 aromatic carbocycles. The molecule has 0 radical (unpaired) electrons. The van der Waals surface area contributed by atoms with Gasteiger partial charge in [-0.25, -0.2) is 0 Å². The second-order valence-electron chi connectivity index (χ2n) is 5.58. The number of carboxylic acid groups (broad SMARTS) is 1. The van der Waals surface area contributed by atoms with E-state index in [0.717, 1.165) is 19.4 Å². The van der Waals surface area contributed by atoms with Crippen molar-refractivity contribution in [3.05, 3.63) is 30.3 Å². The smallest absolute Gasteiger partial charge is 0.303 e. The van der Waals surface area contributed by atoms with Crippen LogP contribution in [-0.2, 0) is 4.79 Å². The Kier molecular flexibility index (Phi) is 3.60. The Morgan fingerprint density at radius 2 is 2.06 bits per heavy atom. The molecule has 1 aliphatic rings. The highest BCUT2D eigenvalue weighted by Gasteiger charge is 2.39. The first kappa shape index (κ1) is 12.9. The first-order chi connectivity index (χ1) is 8.51. The summed E-state index contributed by atoms with van der Waals surface area (Å²) in [6, 6.07) is 10.3. The van der Waals surface area contributed by atoms with E-state index in [1.54, 1.807) is 0 Å². The molecule has 0 amide bonds. The highest BCUT2D eigenvalue weighted by molar-refractivity contribution is 5.67. The van der Waals surface area contributed by atoms with Gasteiger partial charge in [-0.3, -0.25) is 4.79 Å². The maximum Gasteiger partial charge on any atom is 0.303 e. The molecule has 1 saturated heterocycles. The molecule has 2 rings (SSSR count). The first-order valence-corrected chi connectivity index (χ1v) is 6.56. The highest BCUT2D eigenvalue weighted by atomic mass is 16.4. The Morgan fingerprint density at radius 3 is 2.67 bits per heavy atom. The lowest BCUT2D eigenvalue weighted by molar-refractivity contribution is -0.138. The molecule has 1 atom stereocenters. The summed E-state index contributed by atoms with van der Waals surface area (Å²) < 4.78 is 0. The predicted octanol–water partition coefficient (Wildman–Crippen LogP) is 3.16.